The topological polar surface area (TPSA) is 45.1 Å². The number of hydrogen-bond donors (Lipinski definition) is 2. The van der Waals surface area contributed by atoms with Gasteiger partial charge >= 0.3 is 0 Å². The Balaban J connectivity index is 1.82. The first kappa shape index (κ1) is 14.5. The Labute approximate surface area is 126 Å². The zero-order valence-corrected chi connectivity index (χ0v) is 12.7. The highest BCUT2D eigenvalue weighted by atomic mass is 16.3. The van der Waals surface area contributed by atoms with Crippen molar-refractivity contribution in [1.82, 2.24) is 10.3 Å². The van der Waals surface area contributed by atoms with E-state index in [4.69, 9.17) is 0 Å². The van der Waals surface area contributed by atoms with Crippen molar-refractivity contribution in [3.8, 4) is 0 Å². The van der Waals surface area contributed by atoms with Gasteiger partial charge in [0.05, 0.1) is 11.1 Å². The number of para-hydroxylation sites is 1. The summed E-state index contributed by atoms with van der Waals surface area (Å²) in [5.41, 5.74) is 1.22. The lowest BCUT2D eigenvalue weighted by atomic mass is 9.77. The molecule has 0 amide bonds. The molecule has 0 radical (unpaired) electrons. The van der Waals surface area contributed by atoms with Crippen LogP contribution in [0.2, 0.25) is 0 Å². The fourth-order valence-electron chi connectivity index (χ4n) is 3.40. The molecule has 3 heteroatoms. The molecule has 3 nitrogen and oxygen atoms in total. The fourth-order valence-corrected chi connectivity index (χ4v) is 3.40. The van der Waals surface area contributed by atoms with Crippen molar-refractivity contribution in [1.29, 1.82) is 0 Å². The van der Waals surface area contributed by atoms with Crippen molar-refractivity contribution < 1.29 is 5.11 Å². The molecule has 1 saturated carbocycles. The number of aromatic nitrogens is 1. The van der Waals surface area contributed by atoms with Crippen molar-refractivity contribution in [3.63, 3.8) is 0 Å². The van der Waals surface area contributed by atoms with E-state index in [2.05, 4.69) is 29.4 Å². The minimum absolute atomic E-state index is 0.549. The number of hydrogen-bond acceptors (Lipinski definition) is 3. The number of pyridine rings is 1. The van der Waals surface area contributed by atoms with Gasteiger partial charge in [0.25, 0.3) is 0 Å². The molecule has 1 heterocycles. The molecule has 21 heavy (non-hydrogen) atoms. The Kier molecular flexibility index (Phi) is 4.22. The summed E-state index contributed by atoms with van der Waals surface area (Å²) in [7, 11) is 0. The maximum atomic E-state index is 11.1. The standard InChI is InChI=1S/C18H24N2O/c1-2-12-19-15-8-10-18(21,11-9-15)16-7-3-5-14-6-4-13-20-17(14)16/h3-7,13,15,19,21H,2,8-12H2,1H3. The second kappa shape index (κ2) is 6.12. The zero-order chi connectivity index (χ0) is 14.7. The lowest BCUT2D eigenvalue weighted by Gasteiger charge is -2.37. The van der Waals surface area contributed by atoms with Gasteiger partial charge in [-0.1, -0.05) is 31.2 Å². The molecule has 0 saturated heterocycles. The first-order valence-electron chi connectivity index (χ1n) is 8.03. The number of aliphatic hydroxyl groups is 1. The van der Waals surface area contributed by atoms with Crippen molar-refractivity contribution in [2.45, 2.75) is 50.7 Å². The average molecular weight is 284 g/mol. The van der Waals surface area contributed by atoms with E-state index in [9.17, 15) is 5.11 Å². The molecule has 3 rings (SSSR count). The number of rotatable bonds is 4. The maximum Gasteiger partial charge on any atom is 0.0918 e. The van der Waals surface area contributed by atoms with Gasteiger partial charge in [0.1, 0.15) is 0 Å². The summed E-state index contributed by atoms with van der Waals surface area (Å²) in [4.78, 5) is 4.49. The van der Waals surface area contributed by atoms with Crippen LogP contribution in [0.1, 0.15) is 44.6 Å². The predicted molar refractivity (Wildman–Crippen MR) is 86.2 cm³/mol. The summed E-state index contributed by atoms with van der Waals surface area (Å²) < 4.78 is 0. The van der Waals surface area contributed by atoms with Crippen molar-refractivity contribution in [2.75, 3.05) is 6.54 Å². The molecule has 0 aliphatic heterocycles. The molecule has 1 aliphatic carbocycles. The van der Waals surface area contributed by atoms with Crippen LogP contribution in [0.4, 0.5) is 0 Å². The number of fused-ring (bicyclic) bond motifs is 1. The molecular weight excluding hydrogens is 260 g/mol. The van der Waals surface area contributed by atoms with Gasteiger partial charge in [0.15, 0.2) is 0 Å². The third-order valence-electron chi connectivity index (χ3n) is 4.63. The van der Waals surface area contributed by atoms with Crippen molar-refractivity contribution in [3.05, 3.63) is 42.1 Å². The number of nitrogens with zero attached hydrogens (tertiary/aromatic N) is 1. The molecule has 1 aliphatic rings. The molecule has 0 unspecified atom stereocenters. The first-order chi connectivity index (χ1) is 10.2. The van der Waals surface area contributed by atoms with Crippen LogP contribution in [0.25, 0.3) is 10.9 Å². The third-order valence-corrected chi connectivity index (χ3v) is 4.63. The number of nitrogens with one attached hydrogen (secondary N) is 1. The van der Waals surface area contributed by atoms with Gasteiger partial charge in [-0.2, -0.15) is 0 Å². The van der Waals surface area contributed by atoms with Gasteiger partial charge in [-0.25, -0.2) is 0 Å². The largest absolute Gasteiger partial charge is 0.385 e. The molecular formula is C18H24N2O. The minimum atomic E-state index is -0.724. The molecule has 1 aromatic carbocycles. The minimum Gasteiger partial charge on any atom is -0.385 e. The van der Waals surface area contributed by atoms with Crippen LogP contribution < -0.4 is 5.32 Å². The summed E-state index contributed by atoms with van der Waals surface area (Å²) in [5.74, 6) is 0. The normalized spacial score (nSPS) is 26.1. The summed E-state index contributed by atoms with van der Waals surface area (Å²) in [6, 6.07) is 10.7. The zero-order valence-electron chi connectivity index (χ0n) is 12.7. The second-order valence-electron chi connectivity index (χ2n) is 6.14. The lowest BCUT2D eigenvalue weighted by Crippen LogP contribution is -2.40. The smallest absolute Gasteiger partial charge is 0.0918 e. The van der Waals surface area contributed by atoms with Gasteiger partial charge in [-0.15, -0.1) is 0 Å². The lowest BCUT2D eigenvalue weighted by molar-refractivity contribution is -0.00708. The van der Waals surface area contributed by atoms with E-state index in [1.54, 1.807) is 0 Å². The first-order valence-corrected chi connectivity index (χ1v) is 8.03. The van der Waals surface area contributed by atoms with Gasteiger partial charge in [0.2, 0.25) is 0 Å². The van der Waals surface area contributed by atoms with Crippen molar-refractivity contribution >= 4 is 10.9 Å². The van der Waals surface area contributed by atoms with Gasteiger partial charge in [-0.05, 0) is 44.7 Å². The van der Waals surface area contributed by atoms with Crippen LogP contribution >= 0.6 is 0 Å². The van der Waals surface area contributed by atoms with Crippen LogP contribution in [0.3, 0.4) is 0 Å². The summed E-state index contributed by atoms with van der Waals surface area (Å²) in [6.45, 7) is 3.26. The van der Waals surface area contributed by atoms with Gasteiger partial charge in [-0.3, -0.25) is 4.98 Å². The molecule has 1 fully saturated rings. The van der Waals surface area contributed by atoms with E-state index in [1.165, 1.54) is 0 Å². The highest BCUT2D eigenvalue weighted by Crippen LogP contribution is 2.39. The van der Waals surface area contributed by atoms with Gasteiger partial charge < -0.3 is 10.4 Å². The van der Waals surface area contributed by atoms with E-state index < -0.39 is 5.60 Å². The van der Waals surface area contributed by atoms with Crippen LogP contribution in [-0.4, -0.2) is 22.7 Å². The van der Waals surface area contributed by atoms with Crippen LogP contribution in [0, 0.1) is 0 Å². The molecule has 2 N–H and O–H groups in total. The molecule has 0 atom stereocenters. The van der Waals surface area contributed by atoms with E-state index in [0.29, 0.717) is 6.04 Å². The van der Waals surface area contributed by atoms with E-state index in [-0.39, 0.29) is 0 Å². The summed E-state index contributed by atoms with van der Waals surface area (Å²) in [5, 5.41) is 15.8. The Hall–Kier alpha value is -1.45. The fraction of sp³-hybridized carbons (Fsp3) is 0.500. The average Bonchev–Trinajstić information content (AvgIpc) is 2.54. The quantitative estimate of drug-likeness (QED) is 0.905. The van der Waals surface area contributed by atoms with E-state index in [0.717, 1.165) is 55.1 Å². The highest BCUT2D eigenvalue weighted by Gasteiger charge is 2.35. The third kappa shape index (κ3) is 2.94. The Morgan fingerprint density at radius 3 is 2.76 bits per heavy atom. The molecule has 112 valence electrons. The van der Waals surface area contributed by atoms with Gasteiger partial charge in [0, 0.05) is 23.2 Å². The Bertz CT molecular complexity index is 598. The van der Waals surface area contributed by atoms with E-state index in [1.807, 2.05) is 24.4 Å². The Morgan fingerprint density at radius 2 is 2.00 bits per heavy atom. The van der Waals surface area contributed by atoms with Crippen molar-refractivity contribution in [2.24, 2.45) is 0 Å². The van der Waals surface area contributed by atoms with Crippen LogP contribution in [0.15, 0.2) is 36.5 Å². The monoisotopic (exact) mass is 284 g/mol. The van der Waals surface area contributed by atoms with Crippen LogP contribution in [-0.2, 0) is 5.60 Å². The second-order valence-corrected chi connectivity index (χ2v) is 6.14. The highest BCUT2D eigenvalue weighted by molar-refractivity contribution is 5.82. The molecule has 0 bridgehead atoms. The SMILES string of the molecule is CCCNC1CCC(O)(c2cccc3cccnc23)CC1. The van der Waals surface area contributed by atoms with E-state index >= 15 is 0 Å². The predicted octanol–water partition coefficient (Wildman–Crippen LogP) is 3.36. The Morgan fingerprint density at radius 1 is 1.24 bits per heavy atom. The van der Waals surface area contributed by atoms with Crippen LogP contribution in [0.5, 0.6) is 0 Å². The molecule has 1 aromatic heterocycles. The summed E-state index contributed by atoms with van der Waals surface area (Å²) >= 11 is 0. The molecule has 2 aromatic rings. The number of benzene rings is 1. The molecule has 0 spiro atoms. The summed E-state index contributed by atoms with van der Waals surface area (Å²) in [6.07, 6.45) is 6.64. The maximum absolute atomic E-state index is 11.1.